The number of fused-ring (bicyclic) bond motifs is 1. The third-order valence-corrected chi connectivity index (χ3v) is 5.00. The molecule has 1 aliphatic carbocycles. The summed E-state index contributed by atoms with van der Waals surface area (Å²) in [7, 11) is 1.35. The Labute approximate surface area is 150 Å². The zero-order chi connectivity index (χ0) is 18.7. The smallest absolute Gasteiger partial charge is 0.422 e. The molecular formula is C18H23F3N2O3. The van der Waals surface area contributed by atoms with Crippen LogP contribution in [0.4, 0.5) is 18.9 Å². The van der Waals surface area contributed by atoms with Gasteiger partial charge in [-0.3, -0.25) is 4.79 Å². The van der Waals surface area contributed by atoms with E-state index in [4.69, 9.17) is 9.47 Å². The molecule has 3 rings (SSSR count). The predicted molar refractivity (Wildman–Crippen MR) is 90.5 cm³/mol. The van der Waals surface area contributed by atoms with Crippen LogP contribution in [0.3, 0.4) is 0 Å². The van der Waals surface area contributed by atoms with Gasteiger partial charge >= 0.3 is 6.18 Å². The summed E-state index contributed by atoms with van der Waals surface area (Å²) in [5.41, 5.74) is 0.379. The van der Waals surface area contributed by atoms with Crippen molar-refractivity contribution in [3.8, 4) is 11.5 Å². The Morgan fingerprint density at radius 2 is 2.04 bits per heavy atom. The van der Waals surface area contributed by atoms with E-state index in [-0.39, 0.29) is 23.4 Å². The number of methoxy groups -OCH3 is 1. The quantitative estimate of drug-likeness (QED) is 0.831. The summed E-state index contributed by atoms with van der Waals surface area (Å²) in [5.74, 6) is 0.473. The summed E-state index contributed by atoms with van der Waals surface area (Å²) in [5, 5.41) is 6.14. The first kappa shape index (κ1) is 18.8. The molecule has 1 saturated heterocycles. The van der Waals surface area contributed by atoms with Gasteiger partial charge in [0.05, 0.1) is 13.2 Å². The lowest BCUT2D eigenvalue weighted by atomic mass is 9.85. The number of carbonyl (C=O) groups excluding carboxylic acids is 1. The van der Waals surface area contributed by atoms with Crippen molar-refractivity contribution in [2.45, 2.75) is 50.4 Å². The molecule has 1 heterocycles. The number of hydrogen-bond donors (Lipinski definition) is 2. The van der Waals surface area contributed by atoms with Crippen molar-refractivity contribution in [3.63, 3.8) is 0 Å². The second-order valence-corrected chi connectivity index (χ2v) is 6.86. The lowest BCUT2D eigenvalue weighted by Crippen LogP contribution is -2.39. The molecule has 1 aliphatic heterocycles. The molecule has 1 saturated carbocycles. The minimum atomic E-state index is -4.45. The molecule has 3 unspecified atom stereocenters. The normalized spacial score (nSPS) is 25.5. The summed E-state index contributed by atoms with van der Waals surface area (Å²) in [6, 6.07) is 4.53. The van der Waals surface area contributed by atoms with Gasteiger partial charge in [0, 0.05) is 17.8 Å². The average molecular weight is 372 g/mol. The van der Waals surface area contributed by atoms with Crippen LogP contribution in [0.15, 0.2) is 18.2 Å². The highest BCUT2D eigenvalue weighted by molar-refractivity contribution is 5.95. The number of carbonyl (C=O) groups is 1. The van der Waals surface area contributed by atoms with Crippen LogP contribution < -0.4 is 20.1 Å². The second-order valence-electron chi connectivity index (χ2n) is 6.86. The van der Waals surface area contributed by atoms with Gasteiger partial charge in [-0.05, 0) is 37.3 Å². The average Bonchev–Trinajstić information content (AvgIpc) is 3.04. The molecule has 26 heavy (non-hydrogen) atoms. The molecule has 0 bridgehead atoms. The van der Waals surface area contributed by atoms with E-state index in [0.717, 1.165) is 19.3 Å². The predicted octanol–water partition coefficient (Wildman–Crippen LogP) is 3.50. The monoisotopic (exact) mass is 372 g/mol. The van der Waals surface area contributed by atoms with Crippen molar-refractivity contribution in [2.24, 2.45) is 5.92 Å². The van der Waals surface area contributed by atoms with E-state index in [1.807, 2.05) is 0 Å². The maximum Gasteiger partial charge on any atom is 0.422 e. The van der Waals surface area contributed by atoms with Crippen molar-refractivity contribution in [3.05, 3.63) is 18.2 Å². The molecule has 1 aromatic rings. The van der Waals surface area contributed by atoms with Crippen LogP contribution in [0.2, 0.25) is 0 Å². The van der Waals surface area contributed by atoms with E-state index in [0.29, 0.717) is 17.6 Å². The van der Waals surface area contributed by atoms with Crippen LogP contribution in [0.5, 0.6) is 11.5 Å². The number of rotatable bonds is 5. The molecule has 1 amide bonds. The van der Waals surface area contributed by atoms with Gasteiger partial charge in [0.15, 0.2) is 18.1 Å². The van der Waals surface area contributed by atoms with Gasteiger partial charge in [-0.1, -0.05) is 12.8 Å². The van der Waals surface area contributed by atoms with Crippen molar-refractivity contribution >= 4 is 11.6 Å². The standard InChI is InChI=1S/C18H23F3N2O3/c1-25-15-7-6-12(9-16(15)26-10-18(19,20)21)22-17(24)14-8-11-4-2-3-5-13(11)23-14/h6-7,9,11,13-14,23H,2-5,8,10H2,1H3,(H,22,24). The van der Waals surface area contributed by atoms with Gasteiger partial charge in [-0.25, -0.2) is 0 Å². The molecular weight excluding hydrogens is 349 g/mol. The van der Waals surface area contributed by atoms with Crippen molar-refractivity contribution in [1.29, 1.82) is 0 Å². The van der Waals surface area contributed by atoms with Crippen LogP contribution in [-0.4, -0.2) is 37.9 Å². The minimum Gasteiger partial charge on any atom is -0.493 e. The van der Waals surface area contributed by atoms with E-state index in [9.17, 15) is 18.0 Å². The first-order chi connectivity index (χ1) is 12.4. The molecule has 5 nitrogen and oxygen atoms in total. The Morgan fingerprint density at radius 3 is 2.73 bits per heavy atom. The molecule has 2 aliphatic rings. The maximum absolute atomic E-state index is 12.5. The van der Waals surface area contributed by atoms with Crippen LogP contribution in [0.25, 0.3) is 0 Å². The number of hydrogen-bond acceptors (Lipinski definition) is 4. The summed E-state index contributed by atoms with van der Waals surface area (Å²) in [6.45, 7) is -1.42. The van der Waals surface area contributed by atoms with Crippen LogP contribution in [0, 0.1) is 5.92 Å². The molecule has 0 spiro atoms. The van der Waals surface area contributed by atoms with E-state index >= 15 is 0 Å². The zero-order valence-corrected chi connectivity index (χ0v) is 14.6. The highest BCUT2D eigenvalue weighted by atomic mass is 19.4. The second kappa shape index (κ2) is 7.73. The first-order valence-electron chi connectivity index (χ1n) is 8.80. The topological polar surface area (TPSA) is 59.6 Å². The summed E-state index contributed by atoms with van der Waals surface area (Å²) < 4.78 is 47.0. The van der Waals surface area contributed by atoms with Gasteiger partial charge in [-0.15, -0.1) is 0 Å². The SMILES string of the molecule is COc1ccc(NC(=O)C2CC3CCCCC3N2)cc1OCC(F)(F)F. The lowest BCUT2D eigenvalue weighted by molar-refractivity contribution is -0.153. The Morgan fingerprint density at radius 1 is 1.27 bits per heavy atom. The minimum absolute atomic E-state index is 0.0596. The molecule has 3 atom stereocenters. The highest BCUT2D eigenvalue weighted by Gasteiger charge is 2.38. The molecule has 8 heteroatoms. The number of alkyl halides is 3. The third kappa shape index (κ3) is 4.60. The van der Waals surface area contributed by atoms with Gasteiger partial charge in [-0.2, -0.15) is 13.2 Å². The Balaban J connectivity index is 1.64. The van der Waals surface area contributed by atoms with Crippen LogP contribution >= 0.6 is 0 Å². The van der Waals surface area contributed by atoms with E-state index in [1.54, 1.807) is 6.07 Å². The molecule has 2 fully saturated rings. The molecule has 1 aromatic carbocycles. The fourth-order valence-electron chi connectivity index (χ4n) is 3.78. The number of halogens is 3. The summed E-state index contributed by atoms with van der Waals surface area (Å²) in [6.07, 6.45) is 0.959. The molecule has 144 valence electrons. The van der Waals surface area contributed by atoms with Crippen molar-refractivity contribution in [2.75, 3.05) is 19.0 Å². The molecule has 2 N–H and O–H groups in total. The number of amides is 1. The number of nitrogens with one attached hydrogen (secondary N) is 2. The van der Waals surface area contributed by atoms with Gasteiger partial charge in [0.1, 0.15) is 0 Å². The first-order valence-corrected chi connectivity index (χ1v) is 8.80. The maximum atomic E-state index is 12.5. The summed E-state index contributed by atoms with van der Waals surface area (Å²) >= 11 is 0. The largest absolute Gasteiger partial charge is 0.493 e. The zero-order valence-electron chi connectivity index (χ0n) is 14.6. The molecule has 0 radical (unpaired) electrons. The van der Waals surface area contributed by atoms with Crippen LogP contribution in [-0.2, 0) is 4.79 Å². The van der Waals surface area contributed by atoms with Crippen LogP contribution in [0.1, 0.15) is 32.1 Å². The number of anilines is 1. The van der Waals surface area contributed by atoms with Gasteiger partial charge in [0.25, 0.3) is 0 Å². The van der Waals surface area contributed by atoms with E-state index < -0.39 is 12.8 Å². The molecule has 0 aromatic heterocycles. The Hall–Kier alpha value is -1.96. The van der Waals surface area contributed by atoms with Gasteiger partial charge in [0.2, 0.25) is 5.91 Å². The Bertz CT molecular complexity index is 637. The fourth-order valence-corrected chi connectivity index (χ4v) is 3.78. The third-order valence-electron chi connectivity index (χ3n) is 5.00. The number of benzene rings is 1. The summed E-state index contributed by atoms with van der Waals surface area (Å²) in [4.78, 5) is 12.5. The highest BCUT2D eigenvalue weighted by Crippen LogP contribution is 2.34. The van der Waals surface area contributed by atoms with Crippen molar-refractivity contribution < 1.29 is 27.4 Å². The van der Waals surface area contributed by atoms with E-state index in [1.165, 1.54) is 32.1 Å². The lowest BCUT2D eigenvalue weighted by Gasteiger charge is -2.24. The number of ether oxygens (including phenoxy) is 2. The van der Waals surface area contributed by atoms with Crippen molar-refractivity contribution in [1.82, 2.24) is 5.32 Å². The van der Waals surface area contributed by atoms with Gasteiger partial charge < -0.3 is 20.1 Å². The fraction of sp³-hybridized carbons (Fsp3) is 0.611. The Kier molecular flexibility index (Phi) is 5.60. The van der Waals surface area contributed by atoms with E-state index in [2.05, 4.69) is 10.6 Å².